The summed E-state index contributed by atoms with van der Waals surface area (Å²) in [4.78, 5) is 12.1. The number of sulfonamides is 1. The Bertz CT molecular complexity index is 965. The van der Waals surface area contributed by atoms with Crippen molar-refractivity contribution in [3.05, 3.63) is 84.4 Å². The van der Waals surface area contributed by atoms with Crippen molar-refractivity contribution in [2.45, 2.75) is 4.90 Å². The smallest absolute Gasteiger partial charge is 0.265 e. The molecule has 0 radical (unpaired) electrons. The molecule has 2 aromatic carbocycles. The second-order valence-electron chi connectivity index (χ2n) is 5.03. The molecule has 1 heterocycles. The Morgan fingerprint density at radius 1 is 0.958 bits per heavy atom. The molecule has 0 fully saturated rings. The summed E-state index contributed by atoms with van der Waals surface area (Å²) in [6, 6.07) is 14.5. The van der Waals surface area contributed by atoms with Gasteiger partial charge in [0.1, 0.15) is 5.82 Å². The number of rotatable bonds is 4. The van der Waals surface area contributed by atoms with Crippen LogP contribution in [0, 0.1) is 5.82 Å². The van der Waals surface area contributed by atoms with Gasteiger partial charge in [0.25, 0.3) is 15.9 Å². The van der Waals surface area contributed by atoms with Crippen molar-refractivity contribution >= 4 is 15.9 Å². The van der Waals surface area contributed by atoms with Gasteiger partial charge in [-0.25, -0.2) is 17.5 Å². The van der Waals surface area contributed by atoms with Gasteiger partial charge in [-0.3, -0.25) is 4.79 Å². The van der Waals surface area contributed by atoms with Crippen LogP contribution in [0.1, 0.15) is 10.4 Å². The van der Waals surface area contributed by atoms with Gasteiger partial charge in [0.05, 0.1) is 4.90 Å². The summed E-state index contributed by atoms with van der Waals surface area (Å²) in [5, 5.41) is 0. The summed E-state index contributed by atoms with van der Waals surface area (Å²) >= 11 is 0. The predicted molar refractivity (Wildman–Crippen MR) is 86.8 cm³/mol. The highest BCUT2D eigenvalue weighted by atomic mass is 32.2. The quantitative estimate of drug-likeness (QED) is 0.791. The van der Waals surface area contributed by atoms with Gasteiger partial charge in [-0.05, 0) is 54.6 Å². The van der Waals surface area contributed by atoms with Crippen molar-refractivity contribution < 1.29 is 17.6 Å². The Morgan fingerprint density at radius 2 is 1.62 bits per heavy atom. The van der Waals surface area contributed by atoms with Gasteiger partial charge in [-0.2, -0.15) is 0 Å². The fourth-order valence-corrected chi connectivity index (χ4v) is 3.14. The van der Waals surface area contributed by atoms with E-state index < -0.39 is 21.7 Å². The van der Waals surface area contributed by atoms with Gasteiger partial charge in [0.2, 0.25) is 0 Å². The molecule has 5 nitrogen and oxygen atoms in total. The van der Waals surface area contributed by atoms with E-state index in [1.807, 2.05) is 29.2 Å². The number of benzene rings is 2. The Balaban J connectivity index is 1.85. The van der Waals surface area contributed by atoms with E-state index in [9.17, 15) is 17.6 Å². The summed E-state index contributed by atoms with van der Waals surface area (Å²) in [6.07, 6.45) is 3.62. The van der Waals surface area contributed by atoms with Gasteiger partial charge in [0.15, 0.2) is 0 Å². The molecule has 0 aliphatic heterocycles. The summed E-state index contributed by atoms with van der Waals surface area (Å²) in [7, 11) is -4.06. The molecule has 0 aliphatic rings. The number of carbonyl (C=O) groups is 1. The Morgan fingerprint density at radius 3 is 2.29 bits per heavy atom. The molecule has 0 bridgehead atoms. The molecule has 122 valence electrons. The van der Waals surface area contributed by atoms with Crippen LogP contribution in [0.2, 0.25) is 0 Å². The van der Waals surface area contributed by atoms with Crippen LogP contribution in [-0.2, 0) is 10.0 Å². The third kappa shape index (κ3) is 3.36. The summed E-state index contributed by atoms with van der Waals surface area (Å²) in [5.41, 5.74) is 0.929. The molecule has 0 aliphatic carbocycles. The number of amides is 1. The second kappa shape index (κ2) is 6.29. The number of nitrogens with zero attached hydrogens (tertiary/aromatic N) is 1. The Hall–Kier alpha value is -2.93. The van der Waals surface area contributed by atoms with E-state index in [0.29, 0.717) is 0 Å². The first kappa shape index (κ1) is 15.9. The lowest BCUT2D eigenvalue weighted by atomic mass is 10.2. The van der Waals surface area contributed by atoms with Crippen LogP contribution in [0.25, 0.3) is 5.69 Å². The van der Waals surface area contributed by atoms with Crippen LogP contribution >= 0.6 is 0 Å². The summed E-state index contributed by atoms with van der Waals surface area (Å²) < 4.78 is 41.0. The minimum absolute atomic E-state index is 0.182. The van der Waals surface area contributed by atoms with E-state index in [4.69, 9.17) is 0 Å². The highest BCUT2D eigenvalue weighted by Gasteiger charge is 2.19. The SMILES string of the molecule is O=C(NS(=O)(=O)c1ccc(F)cc1)c1cccc(-n2cccc2)c1. The molecule has 0 saturated heterocycles. The van der Waals surface area contributed by atoms with Crippen molar-refractivity contribution in [3.63, 3.8) is 0 Å². The zero-order valence-electron chi connectivity index (χ0n) is 12.4. The van der Waals surface area contributed by atoms with Crippen LogP contribution in [0.3, 0.4) is 0 Å². The van der Waals surface area contributed by atoms with E-state index >= 15 is 0 Å². The molecule has 1 aromatic heterocycles. The standard InChI is InChI=1S/C17H13FN2O3S/c18-14-6-8-16(9-7-14)24(22,23)19-17(21)13-4-3-5-15(12-13)20-10-1-2-11-20/h1-12H,(H,19,21). The Labute approximate surface area is 138 Å². The molecular formula is C17H13FN2O3S. The highest BCUT2D eigenvalue weighted by molar-refractivity contribution is 7.90. The van der Waals surface area contributed by atoms with E-state index in [1.165, 1.54) is 6.07 Å². The highest BCUT2D eigenvalue weighted by Crippen LogP contribution is 2.13. The number of nitrogens with one attached hydrogen (secondary N) is 1. The molecule has 1 N–H and O–H groups in total. The first-order chi connectivity index (χ1) is 11.5. The van der Waals surface area contributed by atoms with Gasteiger partial charge in [0, 0.05) is 23.6 Å². The molecule has 7 heteroatoms. The molecule has 3 rings (SSSR count). The van der Waals surface area contributed by atoms with Crippen LogP contribution in [0.5, 0.6) is 0 Å². The fourth-order valence-electron chi connectivity index (χ4n) is 2.17. The number of aromatic nitrogens is 1. The molecule has 0 saturated carbocycles. The lowest BCUT2D eigenvalue weighted by molar-refractivity contribution is 0.0981. The minimum Gasteiger partial charge on any atom is -0.324 e. The minimum atomic E-state index is -4.06. The topological polar surface area (TPSA) is 68.2 Å². The second-order valence-corrected chi connectivity index (χ2v) is 6.71. The van der Waals surface area contributed by atoms with Gasteiger partial charge < -0.3 is 4.57 Å². The van der Waals surface area contributed by atoms with Crippen molar-refractivity contribution in [1.82, 2.24) is 9.29 Å². The van der Waals surface area contributed by atoms with Crippen molar-refractivity contribution in [3.8, 4) is 5.69 Å². The number of carbonyl (C=O) groups excluding carboxylic acids is 1. The van der Waals surface area contributed by atoms with Crippen LogP contribution in [0.4, 0.5) is 4.39 Å². The van der Waals surface area contributed by atoms with E-state index in [1.54, 1.807) is 22.8 Å². The van der Waals surface area contributed by atoms with Gasteiger partial charge in [-0.15, -0.1) is 0 Å². The van der Waals surface area contributed by atoms with Crippen LogP contribution in [0.15, 0.2) is 78.0 Å². The maximum absolute atomic E-state index is 12.9. The first-order valence-electron chi connectivity index (χ1n) is 7.02. The lowest BCUT2D eigenvalue weighted by Crippen LogP contribution is -2.30. The van der Waals surface area contributed by atoms with E-state index in [2.05, 4.69) is 0 Å². The molecule has 24 heavy (non-hydrogen) atoms. The van der Waals surface area contributed by atoms with Crippen molar-refractivity contribution in [2.75, 3.05) is 0 Å². The van der Waals surface area contributed by atoms with Crippen LogP contribution in [-0.4, -0.2) is 18.9 Å². The molecule has 3 aromatic rings. The number of halogens is 1. The van der Waals surface area contributed by atoms with E-state index in [0.717, 1.165) is 30.0 Å². The average Bonchev–Trinajstić information content (AvgIpc) is 3.09. The van der Waals surface area contributed by atoms with Gasteiger partial charge >= 0.3 is 0 Å². The molecule has 1 amide bonds. The van der Waals surface area contributed by atoms with E-state index in [-0.39, 0.29) is 10.5 Å². The third-order valence-electron chi connectivity index (χ3n) is 3.36. The van der Waals surface area contributed by atoms with Crippen LogP contribution < -0.4 is 4.72 Å². The zero-order valence-corrected chi connectivity index (χ0v) is 13.2. The van der Waals surface area contributed by atoms with Crippen molar-refractivity contribution in [1.29, 1.82) is 0 Å². The Kier molecular flexibility index (Phi) is 4.18. The largest absolute Gasteiger partial charge is 0.324 e. The molecule has 0 atom stereocenters. The maximum Gasteiger partial charge on any atom is 0.265 e. The first-order valence-corrected chi connectivity index (χ1v) is 8.50. The predicted octanol–water partition coefficient (Wildman–Crippen LogP) is 2.74. The fraction of sp³-hybridized carbons (Fsp3) is 0. The molecule has 0 spiro atoms. The lowest BCUT2D eigenvalue weighted by Gasteiger charge is -2.09. The number of hydrogen-bond acceptors (Lipinski definition) is 3. The molecular weight excluding hydrogens is 331 g/mol. The normalized spacial score (nSPS) is 11.2. The molecule has 0 unspecified atom stereocenters. The monoisotopic (exact) mass is 344 g/mol. The average molecular weight is 344 g/mol. The number of hydrogen-bond donors (Lipinski definition) is 1. The van der Waals surface area contributed by atoms with Gasteiger partial charge in [-0.1, -0.05) is 6.07 Å². The summed E-state index contributed by atoms with van der Waals surface area (Å²) in [6.45, 7) is 0. The maximum atomic E-state index is 12.9. The zero-order chi connectivity index (χ0) is 17.2. The third-order valence-corrected chi connectivity index (χ3v) is 4.71. The van der Waals surface area contributed by atoms with Crippen molar-refractivity contribution in [2.24, 2.45) is 0 Å². The summed E-state index contributed by atoms with van der Waals surface area (Å²) in [5.74, 6) is -1.31.